The van der Waals surface area contributed by atoms with Gasteiger partial charge in [-0.1, -0.05) is 47.0 Å². The quantitative estimate of drug-likeness (QED) is 0.367. The lowest BCUT2D eigenvalue weighted by molar-refractivity contribution is -0.138. The van der Waals surface area contributed by atoms with Crippen LogP contribution < -0.4 is 4.72 Å². The highest BCUT2D eigenvalue weighted by Gasteiger charge is 2.61. The SMILES string of the molecule is CC[C@H]1CC2C3CC[C@H]([C@H](C)CCC(=O)NS(=O)(=O)c4cc(F)cc(F)c4)[C@@]3(C)CCC2[C@@]2(C)CCCC[C@@H]12. The van der Waals surface area contributed by atoms with Gasteiger partial charge in [-0.2, -0.15) is 0 Å². The van der Waals surface area contributed by atoms with E-state index in [1.165, 1.54) is 64.2 Å². The molecule has 0 aliphatic heterocycles. The average molecular weight is 564 g/mol. The van der Waals surface area contributed by atoms with Crippen molar-refractivity contribution in [3.8, 4) is 0 Å². The van der Waals surface area contributed by atoms with Crippen LogP contribution in [0.3, 0.4) is 0 Å². The Morgan fingerprint density at radius 2 is 1.67 bits per heavy atom. The molecule has 0 spiro atoms. The van der Waals surface area contributed by atoms with Crippen molar-refractivity contribution >= 4 is 15.9 Å². The van der Waals surface area contributed by atoms with Gasteiger partial charge in [-0.3, -0.25) is 4.79 Å². The molecule has 9 atom stereocenters. The molecule has 5 rings (SSSR count). The predicted octanol–water partition coefficient (Wildman–Crippen LogP) is 7.87. The van der Waals surface area contributed by atoms with Crippen molar-refractivity contribution in [3.05, 3.63) is 29.8 Å². The lowest BCUT2D eigenvalue weighted by atomic mass is 9.42. The second-order valence-corrected chi connectivity index (χ2v) is 15.7. The molecule has 4 nitrogen and oxygen atoms in total. The summed E-state index contributed by atoms with van der Waals surface area (Å²) in [5.74, 6) is 2.38. The largest absolute Gasteiger partial charge is 0.274 e. The van der Waals surface area contributed by atoms with Gasteiger partial charge >= 0.3 is 0 Å². The molecular weight excluding hydrogens is 516 g/mol. The van der Waals surface area contributed by atoms with Gasteiger partial charge in [0.2, 0.25) is 5.91 Å². The zero-order valence-electron chi connectivity index (χ0n) is 24.1. The molecule has 0 saturated heterocycles. The van der Waals surface area contributed by atoms with Crippen LogP contribution in [-0.2, 0) is 14.8 Å². The highest BCUT2D eigenvalue weighted by molar-refractivity contribution is 7.90. The first-order valence-electron chi connectivity index (χ1n) is 15.4. The topological polar surface area (TPSA) is 63.2 Å². The highest BCUT2D eigenvalue weighted by Crippen LogP contribution is 2.69. The van der Waals surface area contributed by atoms with Gasteiger partial charge < -0.3 is 0 Å². The Bertz CT molecular complexity index is 1170. The average Bonchev–Trinajstić information content (AvgIpc) is 3.23. The molecule has 1 N–H and O–H groups in total. The molecule has 7 heteroatoms. The van der Waals surface area contributed by atoms with Gasteiger partial charge in [-0.05, 0) is 116 Å². The number of hydrogen-bond acceptors (Lipinski definition) is 3. The van der Waals surface area contributed by atoms with Crippen LogP contribution in [0.25, 0.3) is 0 Å². The summed E-state index contributed by atoms with van der Waals surface area (Å²) in [6.45, 7) is 9.78. The molecule has 0 radical (unpaired) electrons. The summed E-state index contributed by atoms with van der Waals surface area (Å²) in [4.78, 5) is 12.1. The van der Waals surface area contributed by atoms with Gasteiger partial charge in [-0.15, -0.1) is 0 Å². The third kappa shape index (κ3) is 5.19. The number of amides is 1. The van der Waals surface area contributed by atoms with Crippen molar-refractivity contribution in [2.45, 2.75) is 110 Å². The third-order valence-corrected chi connectivity index (χ3v) is 13.6. The van der Waals surface area contributed by atoms with Crippen LogP contribution in [0.5, 0.6) is 0 Å². The normalized spacial score (nSPS) is 38.8. The molecular formula is C32H47F2NO3S. The fourth-order valence-corrected chi connectivity index (χ4v) is 11.6. The molecule has 0 heterocycles. The van der Waals surface area contributed by atoms with Crippen LogP contribution in [0.1, 0.15) is 105 Å². The number of halogens is 2. The van der Waals surface area contributed by atoms with E-state index in [4.69, 9.17) is 0 Å². The van der Waals surface area contributed by atoms with Crippen molar-refractivity contribution in [1.82, 2.24) is 4.72 Å². The highest BCUT2D eigenvalue weighted by atomic mass is 32.2. The van der Waals surface area contributed by atoms with E-state index in [0.29, 0.717) is 29.7 Å². The number of nitrogens with one attached hydrogen (secondary N) is 1. The second kappa shape index (κ2) is 10.7. The molecule has 0 bridgehead atoms. The number of fused-ring (bicyclic) bond motifs is 5. The van der Waals surface area contributed by atoms with Gasteiger partial charge in [0.1, 0.15) is 11.6 Å². The molecule has 1 aromatic carbocycles. The van der Waals surface area contributed by atoms with E-state index in [1.54, 1.807) is 0 Å². The Kier molecular flexibility index (Phi) is 7.97. The molecule has 1 aromatic rings. The fourth-order valence-electron chi connectivity index (χ4n) is 10.5. The minimum Gasteiger partial charge on any atom is -0.274 e. The van der Waals surface area contributed by atoms with Crippen molar-refractivity contribution in [3.63, 3.8) is 0 Å². The summed E-state index contributed by atoms with van der Waals surface area (Å²) in [7, 11) is -4.32. The number of sulfonamides is 1. The van der Waals surface area contributed by atoms with Crippen LogP contribution in [0.4, 0.5) is 8.78 Å². The standard InChI is InChI=1S/C32H47F2NO3S/c1-5-21-16-25-28-11-10-26(32(28,4)15-13-29(25)31(3)14-7-6-8-27(21)31)20(2)9-12-30(36)35-39(37,38)24-18-22(33)17-23(34)19-24/h17-21,25-29H,5-16H2,1-4H3,(H,35,36)/t20-,21+,25?,26-,27+,28?,29?,31+,32-/m1/s1. The van der Waals surface area contributed by atoms with Gasteiger partial charge in [-0.25, -0.2) is 21.9 Å². The molecule has 4 aliphatic carbocycles. The van der Waals surface area contributed by atoms with E-state index in [2.05, 4.69) is 27.7 Å². The third-order valence-electron chi connectivity index (χ3n) is 12.3. The zero-order chi connectivity index (χ0) is 28.2. The van der Waals surface area contributed by atoms with Crippen LogP contribution in [0.15, 0.2) is 23.1 Å². The van der Waals surface area contributed by atoms with Gasteiger partial charge in [0.15, 0.2) is 0 Å². The molecule has 4 aliphatic rings. The summed E-state index contributed by atoms with van der Waals surface area (Å²) >= 11 is 0. The van der Waals surface area contributed by atoms with E-state index in [-0.39, 0.29) is 11.8 Å². The van der Waals surface area contributed by atoms with Crippen LogP contribution in [0.2, 0.25) is 0 Å². The van der Waals surface area contributed by atoms with E-state index in [1.807, 2.05) is 4.72 Å². The first-order chi connectivity index (χ1) is 18.4. The van der Waals surface area contributed by atoms with Crippen LogP contribution >= 0.6 is 0 Å². The summed E-state index contributed by atoms with van der Waals surface area (Å²) in [6.07, 6.45) is 14.0. The smallest absolute Gasteiger partial charge is 0.264 e. The minimum absolute atomic E-state index is 0.0825. The number of carbonyl (C=O) groups is 1. The zero-order valence-corrected chi connectivity index (χ0v) is 25.0. The minimum atomic E-state index is -4.32. The van der Waals surface area contributed by atoms with E-state index < -0.39 is 32.5 Å². The second-order valence-electron chi connectivity index (χ2n) is 14.0. The molecule has 3 unspecified atom stereocenters. The Hall–Kier alpha value is -1.50. The first kappa shape index (κ1) is 29.0. The molecule has 1 amide bonds. The van der Waals surface area contributed by atoms with E-state index >= 15 is 0 Å². The van der Waals surface area contributed by atoms with E-state index in [9.17, 15) is 22.0 Å². The maximum Gasteiger partial charge on any atom is 0.264 e. The van der Waals surface area contributed by atoms with Gasteiger partial charge in [0.05, 0.1) is 4.90 Å². The maximum atomic E-state index is 13.5. The molecule has 0 aromatic heterocycles. The number of carbonyl (C=O) groups excluding carboxylic acids is 1. The van der Waals surface area contributed by atoms with Crippen molar-refractivity contribution in [1.29, 1.82) is 0 Å². The Morgan fingerprint density at radius 3 is 2.36 bits per heavy atom. The lowest BCUT2D eigenvalue weighted by Gasteiger charge is -2.63. The molecule has 4 fully saturated rings. The Morgan fingerprint density at radius 1 is 0.974 bits per heavy atom. The summed E-state index contributed by atoms with van der Waals surface area (Å²) in [5, 5.41) is 0. The van der Waals surface area contributed by atoms with Gasteiger partial charge in [0.25, 0.3) is 10.0 Å². The molecule has 4 saturated carbocycles. The Balaban J connectivity index is 1.24. The van der Waals surface area contributed by atoms with Crippen LogP contribution in [-0.4, -0.2) is 14.3 Å². The lowest BCUT2D eigenvalue weighted by Crippen LogP contribution is -2.55. The summed E-state index contributed by atoms with van der Waals surface area (Å²) < 4.78 is 54.1. The summed E-state index contributed by atoms with van der Waals surface area (Å²) in [5.41, 5.74) is 0.777. The van der Waals surface area contributed by atoms with Crippen molar-refractivity contribution < 1.29 is 22.0 Å². The monoisotopic (exact) mass is 563 g/mol. The number of hydrogen-bond donors (Lipinski definition) is 1. The van der Waals surface area contributed by atoms with Crippen molar-refractivity contribution in [2.24, 2.45) is 52.3 Å². The molecule has 39 heavy (non-hydrogen) atoms. The predicted molar refractivity (Wildman–Crippen MR) is 149 cm³/mol. The van der Waals surface area contributed by atoms with E-state index in [0.717, 1.165) is 41.7 Å². The van der Waals surface area contributed by atoms with Gasteiger partial charge in [0, 0.05) is 12.5 Å². The van der Waals surface area contributed by atoms with Crippen LogP contribution in [0, 0.1) is 63.9 Å². The molecule has 218 valence electrons. The Labute approximate surface area is 234 Å². The fraction of sp³-hybridized carbons (Fsp3) is 0.781. The maximum absolute atomic E-state index is 13.5. The van der Waals surface area contributed by atoms with Crippen molar-refractivity contribution in [2.75, 3.05) is 0 Å². The number of rotatable bonds is 7. The first-order valence-corrected chi connectivity index (χ1v) is 16.9. The number of benzene rings is 1. The summed E-state index contributed by atoms with van der Waals surface area (Å²) in [6, 6.07) is 2.05.